The minimum Gasteiger partial charge on any atom is -0.744 e. The number of fused-ring (bicyclic) bond motifs is 4. The van der Waals surface area contributed by atoms with Gasteiger partial charge in [-0.1, -0.05) is 44.2 Å². The van der Waals surface area contributed by atoms with E-state index in [1.165, 1.54) is 42.5 Å². The van der Waals surface area contributed by atoms with Crippen LogP contribution in [0.1, 0.15) is 104 Å². The van der Waals surface area contributed by atoms with Crippen molar-refractivity contribution in [3.8, 4) is 44.9 Å². The van der Waals surface area contributed by atoms with Crippen molar-refractivity contribution < 1.29 is 77.2 Å². The Morgan fingerprint density at radius 3 is 1.39 bits per heavy atom. The molecule has 103 heavy (non-hydrogen) atoms. The van der Waals surface area contributed by atoms with E-state index < -0.39 is 85.5 Å². The Balaban J connectivity index is 0.00000300. The van der Waals surface area contributed by atoms with E-state index in [0.717, 1.165) is 53.0 Å². The standard InChI is InChI=1S/C70H79N9O15S5.O3S/c1-9-45(10-2)46-24-30-54-60(38-46)93-61-40-48(77(11-3)12-4)25-31-55(61)68(54)58-34-28-51(43-64(58)98(87,88)89)95(80,81)71-36-18-22-66-74-67(76-70(75-66)73-47-20-17-21-53(39-47)97(84,85)86)23-19-37-72-96(82,83)52-29-35-59(65(44-52)99(90,91)92)69-56-32-26-49(78(13-5)14-6)41-62(56)94-63-42-50(27-33-57(63)69)79(15-7)16-8;1-4(2)3/h17,20-21,24-35,38-45,71-72H,9-16,18-19,22-23,36-37H2,1-8H3,(H2-2,73,74,75,76,84,85,86,87,88,89,90,91,92);. The quantitative estimate of drug-likeness (QED) is 0.0147. The molecule has 3 heterocycles. The summed E-state index contributed by atoms with van der Waals surface area (Å²) in [5.74, 6) is 1.15. The van der Waals surface area contributed by atoms with Gasteiger partial charge in [-0.15, -0.1) is 12.6 Å². The topological polar surface area (TPSA) is 399 Å². The number of hydrogen-bond acceptors (Lipinski definition) is 22. The fourth-order valence-electron chi connectivity index (χ4n) is 12.6. The number of hydrogen-bond donors (Lipinski definition) is 4. The molecule has 0 unspecified atom stereocenters. The first-order valence-electron chi connectivity index (χ1n) is 33.3. The van der Waals surface area contributed by atoms with Crippen LogP contribution in [0.3, 0.4) is 0 Å². The molecule has 5 aromatic carbocycles. The van der Waals surface area contributed by atoms with Crippen molar-refractivity contribution in [2.75, 3.05) is 62.6 Å². The Morgan fingerprint density at radius 1 is 0.515 bits per heavy atom. The van der Waals surface area contributed by atoms with E-state index in [4.69, 9.17) is 21.5 Å². The van der Waals surface area contributed by atoms with Gasteiger partial charge in [0.15, 0.2) is 0 Å². The number of aromatic nitrogens is 3. The lowest BCUT2D eigenvalue weighted by molar-refractivity contribution is 0.461. The molecule has 27 nitrogen and oxygen atoms in total. The summed E-state index contributed by atoms with van der Waals surface area (Å²) in [6.07, 6.45) is 1.75. The summed E-state index contributed by atoms with van der Waals surface area (Å²) in [6.45, 7) is 19.9. The van der Waals surface area contributed by atoms with Crippen molar-refractivity contribution in [1.82, 2.24) is 33.5 Å². The van der Waals surface area contributed by atoms with Crippen molar-refractivity contribution in [1.29, 1.82) is 0 Å². The van der Waals surface area contributed by atoms with E-state index in [0.29, 0.717) is 95.0 Å². The molecule has 4 aliphatic rings. The molecule has 0 radical (unpaired) electrons. The van der Waals surface area contributed by atoms with Gasteiger partial charge in [-0.05, 0) is 152 Å². The summed E-state index contributed by atoms with van der Waals surface area (Å²) in [4.78, 5) is 12.7. The van der Waals surface area contributed by atoms with E-state index >= 15 is 0 Å². The number of nitrogens with one attached hydrogen (secondary N) is 3. The average molecular weight is 1530 g/mol. The van der Waals surface area contributed by atoms with Gasteiger partial charge >= 0.3 is 10.6 Å². The molecule has 0 saturated carbocycles. The first kappa shape index (κ1) is 78.4. The van der Waals surface area contributed by atoms with Gasteiger partial charge in [0.1, 0.15) is 80.8 Å². The number of rotatable bonds is 29. The highest BCUT2D eigenvalue weighted by Gasteiger charge is 2.29. The highest BCUT2D eigenvalue weighted by molar-refractivity contribution is 7.90. The van der Waals surface area contributed by atoms with Crippen LogP contribution in [-0.2, 0) is 73.9 Å². The van der Waals surface area contributed by atoms with Crippen molar-refractivity contribution in [3.05, 3.63) is 161 Å². The van der Waals surface area contributed by atoms with Crippen LogP contribution >= 0.6 is 0 Å². The monoisotopic (exact) mass is 1530 g/mol. The Morgan fingerprint density at radius 2 is 0.961 bits per heavy atom. The van der Waals surface area contributed by atoms with Crippen molar-refractivity contribution in [2.24, 2.45) is 0 Å². The van der Waals surface area contributed by atoms with Gasteiger partial charge in [0.2, 0.25) is 36.7 Å². The number of aryl methyl sites for hydroxylation is 2. The lowest BCUT2D eigenvalue weighted by atomic mass is 9.90. The molecule has 4 N–H and O–H groups in total. The average Bonchev–Trinajstić information content (AvgIpc) is 0.743. The normalized spacial score (nSPS) is 12.3. The molecular formula is C70H79N9O18S6. The summed E-state index contributed by atoms with van der Waals surface area (Å²) in [5.41, 5.74) is 4.51. The Hall–Kier alpha value is -8.74. The van der Waals surface area contributed by atoms with Crippen LogP contribution in [0.4, 0.5) is 17.3 Å². The van der Waals surface area contributed by atoms with Gasteiger partial charge in [0.05, 0.1) is 36.6 Å². The predicted molar refractivity (Wildman–Crippen MR) is 388 cm³/mol. The SMILES string of the molecule is CCC(CC)c1ccc2c(-c3ccc(S(=O)(=O)NCCCc4nc(CCCNS(=O)(=O)c5ccc(-c6c7ccc(=[N+](CC)CC)cc-7oc7cc(N(CC)CC)ccc67)c(S(=O)(=O)[O-])c5)nc(Nc5cccc(S(=O)(=O)O)c5)n4)cc3S(=O)(=O)[O-])c3ccc(=[N+](CC)CC)cc-3oc2c1.O=S(=O)=O. The minimum atomic E-state index is -5.36. The zero-order valence-electron chi connectivity index (χ0n) is 57.7. The fourth-order valence-corrected chi connectivity index (χ4v) is 16.9. The van der Waals surface area contributed by atoms with Gasteiger partial charge in [0, 0.05) is 113 Å². The number of benzene rings is 7. The third kappa shape index (κ3) is 18.4. The molecule has 6 aromatic rings. The number of sulfonamides is 2. The zero-order chi connectivity index (χ0) is 74.9. The van der Waals surface area contributed by atoms with Crippen molar-refractivity contribution >= 4 is 100 Å². The van der Waals surface area contributed by atoms with Crippen molar-refractivity contribution in [2.45, 2.75) is 124 Å². The van der Waals surface area contributed by atoms with E-state index in [1.54, 1.807) is 18.2 Å². The van der Waals surface area contributed by atoms with E-state index in [9.17, 15) is 55.7 Å². The highest BCUT2D eigenvalue weighted by Crippen LogP contribution is 2.46. The van der Waals surface area contributed by atoms with Gasteiger partial charge in [-0.3, -0.25) is 4.55 Å². The van der Waals surface area contributed by atoms with Crippen LogP contribution in [0.15, 0.2) is 167 Å². The molecule has 0 saturated heterocycles. The molecule has 0 bridgehead atoms. The Kier molecular flexibility index (Phi) is 25.1. The van der Waals surface area contributed by atoms with E-state index in [2.05, 4.69) is 57.6 Å². The second-order valence-electron chi connectivity index (χ2n) is 23.8. The maximum atomic E-state index is 14.1. The molecule has 0 atom stereocenters. The summed E-state index contributed by atoms with van der Waals surface area (Å²) in [5, 5.41) is 5.60. The van der Waals surface area contributed by atoms with Crippen LogP contribution in [0.25, 0.3) is 66.8 Å². The highest BCUT2D eigenvalue weighted by atomic mass is 32.2. The smallest absolute Gasteiger partial charge is 0.425 e. The van der Waals surface area contributed by atoms with E-state index in [-0.39, 0.29) is 79.1 Å². The summed E-state index contributed by atoms with van der Waals surface area (Å²) in [7, 11) is -27.5. The minimum absolute atomic E-state index is 0.0172. The Labute approximate surface area is 600 Å². The van der Waals surface area contributed by atoms with Crippen LogP contribution in [0.2, 0.25) is 0 Å². The second-order valence-corrected chi connectivity index (χ2v) is 31.9. The summed E-state index contributed by atoms with van der Waals surface area (Å²) >= 11 is 0. The summed E-state index contributed by atoms with van der Waals surface area (Å²) < 4.78 is 218. The predicted octanol–water partition coefficient (Wildman–Crippen LogP) is 8.90. The molecule has 2 aliphatic carbocycles. The molecule has 0 spiro atoms. The van der Waals surface area contributed by atoms with Crippen LogP contribution in [0.5, 0.6) is 0 Å². The Bertz CT molecular complexity index is 5360. The third-order valence-corrected chi connectivity index (χ3v) is 23.2. The third-order valence-electron chi connectivity index (χ3n) is 17.7. The molecule has 10 rings (SSSR count). The molecule has 2 aliphatic heterocycles. The van der Waals surface area contributed by atoms with Crippen LogP contribution in [-0.4, -0.2) is 136 Å². The lowest BCUT2D eigenvalue weighted by Gasteiger charge is -2.23. The van der Waals surface area contributed by atoms with Crippen molar-refractivity contribution in [3.63, 3.8) is 0 Å². The van der Waals surface area contributed by atoms with Crippen LogP contribution < -0.4 is 39.5 Å². The van der Waals surface area contributed by atoms with Gasteiger partial charge in [-0.2, -0.15) is 18.4 Å². The van der Waals surface area contributed by atoms with Crippen LogP contribution in [0, 0.1) is 0 Å². The molecular weight excluding hydrogens is 1450 g/mol. The molecule has 0 amide bonds. The first-order valence-corrected chi connectivity index (χ1v) is 41.5. The molecule has 1 aromatic heterocycles. The summed E-state index contributed by atoms with van der Waals surface area (Å²) in [6, 6.07) is 34.1. The fraction of sp³-hybridized carbons (Fsp3) is 0.329. The first-order chi connectivity index (χ1) is 48.8. The zero-order valence-corrected chi connectivity index (χ0v) is 62.6. The number of nitrogens with zero attached hydrogens (tertiary/aromatic N) is 6. The van der Waals surface area contributed by atoms with Gasteiger partial charge < -0.3 is 28.2 Å². The maximum Gasteiger partial charge on any atom is 0.425 e. The largest absolute Gasteiger partial charge is 0.744 e. The molecule has 0 fully saturated rings. The van der Waals surface area contributed by atoms with Gasteiger partial charge in [-0.25, -0.2) is 57.3 Å². The molecule has 33 heteroatoms. The lowest BCUT2D eigenvalue weighted by Crippen LogP contribution is -2.29. The van der Waals surface area contributed by atoms with E-state index in [1.807, 2.05) is 96.1 Å². The maximum absolute atomic E-state index is 14.1. The second kappa shape index (κ2) is 32.9. The number of anilines is 3. The van der Waals surface area contributed by atoms with Gasteiger partial charge in [0.25, 0.3) is 10.1 Å². The molecule has 548 valence electrons.